The number of anilines is 1. The lowest BCUT2D eigenvalue weighted by atomic mass is 10.2. The molecule has 0 spiro atoms. The van der Waals surface area contributed by atoms with Crippen LogP contribution in [0.4, 0.5) is 5.69 Å². The van der Waals surface area contributed by atoms with Gasteiger partial charge in [0.1, 0.15) is 0 Å². The monoisotopic (exact) mass is 268 g/mol. The van der Waals surface area contributed by atoms with Crippen molar-refractivity contribution in [3.63, 3.8) is 0 Å². The van der Waals surface area contributed by atoms with Crippen LogP contribution in [0, 0.1) is 0 Å². The molecule has 18 heavy (non-hydrogen) atoms. The fraction of sp³-hybridized carbons (Fsp3) is 0.417. The van der Waals surface area contributed by atoms with E-state index >= 15 is 0 Å². The lowest BCUT2D eigenvalue weighted by Crippen LogP contribution is -2.47. The first-order valence-corrected chi connectivity index (χ1v) is 7.52. The number of sulfone groups is 1. The van der Waals surface area contributed by atoms with Crippen molar-refractivity contribution >= 4 is 21.4 Å². The average Bonchev–Trinajstić information content (AvgIpc) is 2.39. The largest absolute Gasteiger partial charge is 0.360 e. The highest BCUT2D eigenvalue weighted by molar-refractivity contribution is 7.91. The molecule has 0 radical (unpaired) electrons. The second-order valence-electron chi connectivity index (χ2n) is 4.17. The standard InChI is InChI=1S/C12H16N2O3S/c1-2-18(16,17)11-5-3-10(4-6-11)14-8-7-13-12(15)9-14/h3-6H,2,7-9H2,1H3,(H,13,15). The number of piperazine rings is 1. The minimum Gasteiger partial charge on any atom is -0.360 e. The van der Waals surface area contributed by atoms with Gasteiger partial charge >= 0.3 is 0 Å². The summed E-state index contributed by atoms with van der Waals surface area (Å²) < 4.78 is 23.3. The Kier molecular flexibility index (Phi) is 3.56. The van der Waals surface area contributed by atoms with E-state index in [9.17, 15) is 13.2 Å². The summed E-state index contributed by atoms with van der Waals surface area (Å²) in [6, 6.07) is 6.70. The summed E-state index contributed by atoms with van der Waals surface area (Å²) in [5.74, 6) is 0.0878. The maximum atomic E-state index is 11.7. The van der Waals surface area contributed by atoms with E-state index in [4.69, 9.17) is 0 Å². The van der Waals surface area contributed by atoms with Crippen molar-refractivity contribution in [2.24, 2.45) is 0 Å². The van der Waals surface area contributed by atoms with Gasteiger partial charge in [-0.2, -0.15) is 0 Å². The van der Waals surface area contributed by atoms with Crippen LogP contribution in [0.3, 0.4) is 0 Å². The minimum atomic E-state index is -3.15. The van der Waals surface area contributed by atoms with Gasteiger partial charge in [-0.1, -0.05) is 6.92 Å². The van der Waals surface area contributed by atoms with Gasteiger partial charge in [0.2, 0.25) is 5.91 Å². The quantitative estimate of drug-likeness (QED) is 0.862. The molecule has 1 fully saturated rings. The number of carbonyl (C=O) groups excluding carboxylic acids is 1. The lowest BCUT2D eigenvalue weighted by molar-refractivity contribution is -0.120. The first-order valence-electron chi connectivity index (χ1n) is 5.87. The molecule has 1 aromatic rings. The molecule has 1 aromatic carbocycles. The Balaban J connectivity index is 2.20. The van der Waals surface area contributed by atoms with Crippen LogP contribution < -0.4 is 10.2 Å². The van der Waals surface area contributed by atoms with Crippen LogP contribution in [-0.4, -0.2) is 39.7 Å². The van der Waals surface area contributed by atoms with Crippen LogP contribution in [-0.2, 0) is 14.6 Å². The van der Waals surface area contributed by atoms with Crippen molar-refractivity contribution in [3.8, 4) is 0 Å². The minimum absolute atomic E-state index is 0.00786. The van der Waals surface area contributed by atoms with Gasteiger partial charge in [-0.25, -0.2) is 8.42 Å². The third-order valence-corrected chi connectivity index (χ3v) is 4.73. The molecule has 1 amide bonds. The van der Waals surface area contributed by atoms with E-state index in [2.05, 4.69) is 5.32 Å². The Morgan fingerprint density at radius 1 is 1.28 bits per heavy atom. The molecule has 1 aliphatic heterocycles. The number of hydrogen-bond acceptors (Lipinski definition) is 4. The number of amides is 1. The van der Waals surface area contributed by atoms with Crippen LogP contribution in [0.15, 0.2) is 29.2 Å². The highest BCUT2D eigenvalue weighted by Gasteiger charge is 2.17. The van der Waals surface area contributed by atoms with Crippen molar-refractivity contribution < 1.29 is 13.2 Å². The summed E-state index contributed by atoms with van der Waals surface area (Å²) in [6.45, 7) is 3.30. The van der Waals surface area contributed by atoms with Gasteiger partial charge in [-0.3, -0.25) is 4.79 Å². The summed E-state index contributed by atoms with van der Waals surface area (Å²) in [4.78, 5) is 13.5. The highest BCUT2D eigenvalue weighted by Crippen LogP contribution is 2.19. The molecule has 2 rings (SSSR count). The Bertz CT molecular complexity index is 537. The Hall–Kier alpha value is -1.56. The van der Waals surface area contributed by atoms with E-state index in [-0.39, 0.29) is 11.7 Å². The molecule has 5 nitrogen and oxygen atoms in total. The molecule has 98 valence electrons. The molecule has 0 aliphatic carbocycles. The fourth-order valence-electron chi connectivity index (χ4n) is 1.89. The highest BCUT2D eigenvalue weighted by atomic mass is 32.2. The second-order valence-corrected chi connectivity index (χ2v) is 6.45. The van der Waals surface area contributed by atoms with Crippen molar-refractivity contribution in [1.82, 2.24) is 5.32 Å². The molecule has 0 saturated carbocycles. The van der Waals surface area contributed by atoms with Gasteiger partial charge in [-0.05, 0) is 24.3 Å². The Labute approximate surface area is 107 Å². The zero-order valence-electron chi connectivity index (χ0n) is 10.2. The molecule has 6 heteroatoms. The van der Waals surface area contributed by atoms with Crippen LogP contribution in [0.2, 0.25) is 0 Å². The third kappa shape index (κ3) is 2.64. The van der Waals surface area contributed by atoms with E-state index < -0.39 is 9.84 Å². The van der Waals surface area contributed by atoms with Crippen molar-refractivity contribution in [2.75, 3.05) is 30.3 Å². The van der Waals surface area contributed by atoms with Crippen LogP contribution >= 0.6 is 0 Å². The summed E-state index contributed by atoms with van der Waals surface area (Å²) >= 11 is 0. The number of benzene rings is 1. The van der Waals surface area contributed by atoms with Gasteiger partial charge in [0, 0.05) is 18.8 Å². The van der Waals surface area contributed by atoms with E-state index in [1.807, 2.05) is 4.90 Å². The number of rotatable bonds is 3. The maximum Gasteiger partial charge on any atom is 0.239 e. The summed E-state index contributed by atoms with van der Waals surface area (Å²) in [6.07, 6.45) is 0. The number of hydrogen-bond donors (Lipinski definition) is 1. The molecule has 1 N–H and O–H groups in total. The molecular weight excluding hydrogens is 252 g/mol. The Morgan fingerprint density at radius 2 is 1.94 bits per heavy atom. The summed E-state index contributed by atoms with van der Waals surface area (Å²) in [5.41, 5.74) is 0.875. The molecule has 1 aliphatic rings. The summed E-state index contributed by atoms with van der Waals surface area (Å²) in [7, 11) is -3.15. The first-order chi connectivity index (χ1) is 8.53. The van der Waals surface area contributed by atoms with Gasteiger partial charge < -0.3 is 10.2 Å². The van der Waals surface area contributed by atoms with Crippen LogP contribution in [0.1, 0.15) is 6.92 Å². The third-order valence-electron chi connectivity index (χ3n) is 2.98. The molecule has 0 atom stereocenters. The number of nitrogens with zero attached hydrogens (tertiary/aromatic N) is 1. The molecular formula is C12H16N2O3S. The van der Waals surface area contributed by atoms with Crippen molar-refractivity contribution in [1.29, 1.82) is 0 Å². The van der Waals surface area contributed by atoms with Crippen molar-refractivity contribution in [2.45, 2.75) is 11.8 Å². The number of nitrogens with one attached hydrogen (secondary N) is 1. The van der Waals surface area contributed by atoms with Crippen LogP contribution in [0.25, 0.3) is 0 Å². The molecule has 0 unspecified atom stereocenters. The first kappa shape index (κ1) is 12.9. The topological polar surface area (TPSA) is 66.5 Å². The summed E-state index contributed by atoms with van der Waals surface area (Å²) in [5, 5.41) is 2.75. The van der Waals surface area contributed by atoms with Gasteiger partial charge in [0.25, 0.3) is 0 Å². The maximum absolute atomic E-state index is 11.7. The normalized spacial score (nSPS) is 16.5. The fourth-order valence-corrected chi connectivity index (χ4v) is 2.77. The smallest absolute Gasteiger partial charge is 0.239 e. The molecule has 0 bridgehead atoms. The zero-order chi connectivity index (χ0) is 13.2. The molecule has 1 heterocycles. The lowest BCUT2D eigenvalue weighted by Gasteiger charge is -2.28. The predicted molar refractivity (Wildman–Crippen MR) is 69.4 cm³/mol. The van der Waals surface area contributed by atoms with Gasteiger partial charge in [0.05, 0.1) is 17.2 Å². The second kappa shape index (κ2) is 4.97. The predicted octanol–water partition coefficient (Wildman–Crippen LogP) is 0.416. The average molecular weight is 268 g/mol. The van der Waals surface area contributed by atoms with E-state index in [1.165, 1.54) is 0 Å². The number of carbonyl (C=O) groups is 1. The van der Waals surface area contributed by atoms with E-state index in [0.29, 0.717) is 18.0 Å². The van der Waals surface area contributed by atoms with Crippen molar-refractivity contribution in [3.05, 3.63) is 24.3 Å². The van der Waals surface area contributed by atoms with E-state index in [1.54, 1.807) is 31.2 Å². The van der Waals surface area contributed by atoms with Gasteiger partial charge in [0.15, 0.2) is 9.84 Å². The SMILES string of the molecule is CCS(=O)(=O)c1ccc(N2CCNC(=O)C2)cc1. The molecule has 0 aromatic heterocycles. The molecule has 1 saturated heterocycles. The van der Waals surface area contributed by atoms with Crippen LogP contribution in [0.5, 0.6) is 0 Å². The van der Waals surface area contributed by atoms with E-state index in [0.717, 1.165) is 12.2 Å². The van der Waals surface area contributed by atoms with Gasteiger partial charge in [-0.15, -0.1) is 0 Å². The Morgan fingerprint density at radius 3 is 2.50 bits per heavy atom. The zero-order valence-corrected chi connectivity index (χ0v) is 11.0.